The summed E-state index contributed by atoms with van der Waals surface area (Å²) in [5, 5.41) is 11.3. The molecule has 210 valence electrons. The van der Waals surface area contributed by atoms with E-state index < -0.39 is 29.2 Å². The van der Waals surface area contributed by atoms with E-state index in [2.05, 4.69) is 0 Å². The molecule has 7 heteroatoms. The highest BCUT2D eigenvalue weighted by Gasteiger charge is 2.58. The van der Waals surface area contributed by atoms with Crippen LogP contribution in [-0.4, -0.2) is 38.9 Å². The van der Waals surface area contributed by atoms with Gasteiger partial charge in [-0.1, -0.05) is 48.0 Å². The first-order valence-corrected chi connectivity index (χ1v) is 14.0. The molecule has 2 amide bonds. The molecular weight excluding hydrogens is 518 g/mol. The maximum absolute atomic E-state index is 13.8. The Morgan fingerprint density at radius 3 is 2.39 bits per heavy atom. The molecule has 2 aromatic rings. The molecule has 1 aliphatic heterocycles. The molecule has 1 fully saturated rings. The van der Waals surface area contributed by atoms with E-state index in [0.29, 0.717) is 41.1 Å². The molecular formula is C34H33NO6. The normalized spacial score (nSPS) is 25.9. The van der Waals surface area contributed by atoms with Gasteiger partial charge in [0.05, 0.1) is 11.8 Å². The molecule has 0 unspecified atom stereocenters. The predicted molar refractivity (Wildman–Crippen MR) is 152 cm³/mol. The van der Waals surface area contributed by atoms with Crippen LogP contribution < -0.4 is 4.74 Å². The summed E-state index contributed by atoms with van der Waals surface area (Å²) in [5.41, 5.74) is 2.67. The summed E-state index contributed by atoms with van der Waals surface area (Å²) in [5.74, 6) is -2.78. The van der Waals surface area contributed by atoms with E-state index in [9.17, 15) is 24.3 Å². The van der Waals surface area contributed by atoms with Crippen LogP contribution in [0, 0.1) is 17.8 Å². The first-order valence-electron chi connectivity index (χ1n) is 14.0. The van der Waals surface area contributed by atoms with Gasteiger partial charge in [0.1, 0.15) is 18.1 Å². The minimum Gasteiger partial charge on any atom is -0.507 e. The minimum absolute atomic E-state index is 0.0623. The molecule has 41 heavy (non-hydrogen) atoms. The average molecular weight is 552 g/mol. The highest BCUT2D eigenvalue weighted by molar-refractivity contribution is 6.23. The van der Waals surface area contributed by atoms with Crippen molar-refractivity contribution in [2.75, 3.05) is 0 Å². The lowest BCUT2D eigenvalue weighted by atomic mass is 9.59. The van der Waals surface area contributed by atoms with Gasteiger partial charge in [0.15, 0.2) is 11.6 Å². The van der Waals surface area contributed by atoms with Gasteiger partial charge in [-0.3, -0.25) is 24.1 Å². The number of carbonyl (C=O) groups excluding carboxylic acids is 4. The Hall–Kier alpha value is -4.26. The zero-order valence-electron chi connectivity index (χ0n) is 23.6. The first kappa shape index (κ1) is 26.9. The second-order valence-electron chi connectivity index (χ2n) is 12.4. The average Bonchev–Trinajstić information content (AvgIpc) is 3.20. The van der Waals surface area contributed by atoms with Gasteiger partial charge in [0.25, 0.3) is 0 Å². The van der Waals surface area contributed by atoms with Crippen LogP contribution in [0.2, 0.25) is 0 Å². The van der Waals surface area contributed by atoms with Crippen LogP contribution in [0.4, 0.5) is 0 Å². The lowest BCUT2D eigenvalue weighted by Crippen LogP contribution is -2.46. The van der Waals surface area contributed by atoms with Gasteiger partial charge >= 0.3 is 0 Å². The van der Waals surface area contributed by atoms with E-state index in [4.69, 9.17) is 4.74 Å². The number of carbonyl (C=O) groups is 4. The van der Waals surface area contributed by atoms with Crippen molar-refractivity contribution < 1.29 is 29.0 Å². The molecule has 3 aliphatic carbocycles. The number of benzene rings is 2. The SMILES string of the molecule is CC1=CC(=O)C2=C(C[C@@H]3C(=CC[C@@H]4C(=O)N(C(C)(C)C)C(=O)[C@@H]43)[C@@H]2c2ccc(OCc3ccccc3)cc2O)C1=O. The first-order chi connectivity index (χ1) is 19.5. The van der Waals surface area contributed by atoms with Crippen LogP contribution in [0.5, 0.6) is 11.5 Å². The Morgan fingerprint density at radius 1 is 0.976 bits per heavy atom. The lowest BCUT2D eigenvalue weighted by Gasteiger charge is -2.42. The Bertz CT molecular complexity index is 1590. The minimum atomic E-state index is -0.708. The number of allylic oxidation sites excluding steroid dienone is 6. The predicted octanol–water partition coefficient (Wildman–Crippen LogP) is 5.20. The van der Waals surface area contributed by atoms with E-state index in [1.54, 1.807) is 19.1 Å². The zero-order valence-corrected chi connectivity index (χ0v) is 23.6. The summed E-state index contributed by atoms with van der Waals surface area (Å²) < 4.78 is 5.90. The van der Waals surface area contributed by atoms with Gasteiger partial charge in [0, 0.05) is 39.8 Å². The number of ether oxygens (including phenoxy) is 1. The number of fused-ring (bicyclic) bond motifs is 3. The van der Waals surface area contributed by atoms with Crippen LogP contribution >= 0.6 is 0 Å². The van der Waals surface area contributed by atoms with Crippen molar-refractivity contribution in [3.63, 3.8) is 0 Å². The number of hydrogen-bond donors (Lipinski definition) is 1. The van der Waals surface area contributed by atoms with Crippen LogP contribution in [0.1, 0.15) is 57.6 Å². The van der Waals surface area contributed by atoms with Crippen LogP contribution in [-0.2, 0) is 25.8 Å². The molecule has 0 aromatic heterocycles. The number of phenols is 1. The van der Waals surface area contributed by atoms with Crippen LogP contribution in [0.3, 0.4) is 0 Å². The van der Waals surface area contributed by atoms with Gasteiger partial charge < -0.3 is 9.84 Å². The molecule has 0 radical (unpaired) electrons. The van der Waals surface area contributed by atoms with Crippen LogP contribution in [0.15, 0.2) is 83.0 Å². The van der Waals surface area contributed by atoms with Crippen molar-refractivity contribution in [2.24, 2.45) is 17.8 Å². The number of amides is 2. The molecule has 6 rings (SSSR count). The zero-order chi connectivity index (χ0) is 29.2. The molecule has 7 nitrogen and oxygen atoms in total. The summed E-state index contributed by atoms with van der Waals surface area (Å²) in [6, 6.07) is 14.7. The summed E-state index contributed by atoms with van der Waals surface area (Å²) >= 11 is 0. The van der Waals surface area contributed by atoms with Crippen molar-refractivity contribution in [3.05, 3.63) is 94.1 Å². The second-order valence-corrected chi connectivity index (χ2v) is 12.4. The molecule has 1 saturated heterocycles. The summed E-state index contributed by atoms with van der Waals surface area (Å²) in [4.78, 5) is 55.5. The fourth-order valence-electron chi connectivity index (χ4n) is 7.00. The molecule has 0 bridgehead atoms. The van der Waals surface area contributed by atoms with Gasteiger partial charge in [-0.2, -0.15) is 0 Å². The number of imide groups is 1. The Labute approximate surface area is 239 Å². The van der Waals surface area contributed by atoms with E-state index >= 15 is 0 Å². The highest BCUT2D eigenvalue weighted by atomic mass is 16.5. The smallest absolute Gasteiger partial charge is 0.234 e. The topological polar surface area (TPSA) is 101 Å². The fraction of sp³-hybridized carbons (Fsp3) is 0.353. The summed E-state index contributed by atoms with van der Waals surface area (Å²) in [7, 11) is 0. The van der Waals surface area contributed by atoms with E-state index in [-0.39, 0.29) is 35.6 Å². The Morgan fingerprint density at radius 2 is 1.71 bits per heavy atom. The highest BCUT2D eigenvalue weighted by Crippen LogP contribution is 2.56. The summed E-state index contributed by atoms with van der Waals surface area (Å²) in [6.07, 6.45) is 3.90. The summed E-state index contributed by atoms with van der Waals surface area (Å²) in [6.45, 7) is 7.48. The third-order valence-electron chi connectivity index (χ3n) is 8.79. The van der Waals surface area contributed by atoms with Crippen molar-refractivity contribution >= 4 is 23.4 Å². The number of ketones is 2. The Kier molecular flexibility index (Phi) is 6.36. The fourth-order valence-corrected chi connectivity index (χ4v) is 7.00. The van der Waals surface area contributed by atoms with Gasteiger partial charge in [-0.25, -0.2) is 0 Å². The van der Waals surface area contributed by atoms with Crippen molar-refractivity contribution in [1.82, 2.24) is 4.90 Å². The maximum Gasteiger partial charge on any atom is 0.234 e. The Balaban J connectivity index is 1.42. The number of rotatable bonds is 4. The standard InChI is InChI=1S/C34H33NO6/c1-18-14-27(37)30-25(31(18)38)16-24-21(12-13-23-29(24)33(40)35(32(23)39)34(2,3)4)28(30)22-11-10-20(15-26(22)36)41-17-19-8-6-5-7-9-19/h5-12,14-15,23-24,28-29,36H,13,16-17H2,1-4H3/t23-,24+,28+,29-/m0/s1. The number of Topliss-reactive ketones (excluding diaryl/α,β-unsaturated/α-hetero) is 1. The molecule has 1 heterocycles. The lowest BCUT2D eigenvalue weighted by molar-refractivity contribution is -0.145. The molecule has 4 aliphatic rings. The maximum atomic E-state index is 13.8. The van der Waals surface area contributed by atoms with Crippen molar-refractivity contribution in [3.8, 4) is 11.5 Å². The largest absolute Gasteiger partial charge is 0.507 e. The number of hydrogen-bond acceptors (Lipinski definition) is 6. The molecule has 0 saturated carbocycles. The van der Waals surface area contributed by atoms with Gasteiger partial charge in [-0.05, 0) is 64.2 Å². The molecule has 1 N–H and O–H groups in total. The van der Waals surface area contributed by atoms with Crippen molar-refractivity contribution in [1.29, 1.82) is 0 Å². The molecule has 2 aromatic carbocycles. The second kappa shape index (κ2) is 9.68. The number of phenolic OH excluding ortho intramolecular Hbond substituents is 1. The van der Waals surface area contributed by atoms with Crippen LogP contribution in [0.25, 0.3) is 0 Å². The van der Waals surface area contributed by atoms with Gasteiger partial charge in [-0.15, -0.1) is 0 Å². The van der Waals surface area contributed by atoms with E-state index in [0.717, 1.165) is 11.1 Å². The number of aromatic hydroxyl groups is 1. The molecule has 4 atom stereocenters. The third kappa shape index (κ3) is 4.35. The third-order valence-corrected chi connectivity index (χ3v) is 8.79. The number of nitrogens with zero attached hydrogens (tertiary/aromatic N) is 1. The number of likely N-dealkylation sites (tertiary alicyclic amines) is 1. The quantitative estimate of drug-likeness (QED) is 0.319. The van der Waals surface area contributed by atoms with E-state index in [1.165, 1.54) is 17.0 Å². The van der Waals surface area contributed by atoms with Crippen molar-refractivity contribution in [2.45, 2.75) is 58.6 Å². The van der Waals surface area contributed by atoms with Gasteiger partial charge in [0.2, 0.25) is 11.8 Å². The van der Waals surface area contributed by atoms with E-state index in [1.807, 2.05) is 57.2 Å². The monoisotopic (exact) mass is 551 g/mol. The molecule has 0 spiro atoms.